The summed E-state index contributed by atoms with van der Waals surface area (Å²) in [6.45, 7) is 0.704. The smallest absolute Gasteiger partial charge is 0.211 e. The van der Waals surface area contributed by atoms with Crippen molar-refractivity contribution in [1.82, 2.24) is 4.72 Å². The first kappa shape index (κ1) is 17.7. The highest BCUT2D eigenvalue weighted by molar-refractivity contribution is 7.89. The zero-order valence-corrected chi connectivity index (χ0v) is 12.9. The van der Waals surface area contributed by atoms with Crippen molar-refractivity contribution < 1.29 is 18.3 Å². The summed E-state index contributed by atoms with van der Waals surface area (Å²) in [6, 6.07) is 7.36. The van der Waals surface area contributed by atoms with Crippen LogP contribution < -0.4 is 4.72 Å². The molecule has 1 aromatic carbocycles. The lowest BCUT2D eigenvalue weighted by Gasteiger charge is -2.07. The molecule has 0 heterocycles. The molecular weight excluding hydrogens is 290 g/mol. The van der Waals surface area contributed by atoms with E-state index in [2.05, 4.69) is 16.6 Å². The Balaban J connectivity index is 2.56. The van der Waals surface area contributed by atoms with Crippen LogP contribution in [0.1, 0.15) is 24.0 Å². The molecule has 1 aromatic rings. The van der Waals surface area contributed by atoms with Gasteiger partial charge >= 0.3 is 0 Å². The Hall–Kier alpha value is -1.39. The molecule has 1 rings (SSSR count). The van der Waals surface area contributed by atoms with Gasteiger partial charge in [0.2, 0.25) is 10.0 Å². The first-order valence-corrected chi connectivity index (χ1v) is 8.37. The van der Waals surface area contributed by atoms with E-state index in [0.29, 0.717) is 19.4 Å². The quantitative estimate of drug-likeness (QED) is 0.552. The number of nitrogens with one attached hydrogen (secondary N) is 1. The second-order valence-corrected chi connectivity index (χ2v) is 6.39. The number of rotatable bonds is 8. The maximum atomic E-state index is 11.8. The van der Waals surface area contributed by atoms with Crippen LogP contribution in [0, 0.1) is 11.8 Å². The summed E-state index contributed by atoms with van der Waals surface area (Å²) >= 11 is 0. The molecule has 0 fully saturated rings. The highest BCUT2D eigenvalue weighted by Gasteiger charge is 2.09. The van der Waals surface area contributed by atoms with Crippen molar-refractivity contribution in [2.45, 2.75) is 19.4 Å². The van der Waals surface area contributed by atoms with Crippen LogP contribution >= 0.6 is 0 Å². The van der Waals surface area contributed by atoms with Gasteiger partial charge in [-0.15, -0.1) is 0 Å². The van der Waals surface area contributed by atoms with Gasteiger partial charge in [0.1, 0.15) is 0 Å². The molecule has 0 amide bonds. The number of methoxy groups -OCH3 is 1. The monoisotopic (exact) mass is 311 g/mol. The van der Waals surface area contributed by atoms with Crippen molar-refractivity contribution in [2.75, 3.05) is 26.1 Å². The van der Waals surface area contributed by atoms with E-state index >= 15 is 0 Å². The van der Waals surface area contributed by atoms with Crippen LogP contribution in [0.25, 0.3) is 0 Å². The van der Waals surface area contributed by atoms with Gasteiger partial charge in [-0.25, -0.2) is 13.1 Å². The van der Waals surface area contributed by atoms with E-state index in [0.717, 1.165) is 11.1 Å². The molecule has 0 unspecified atom stereocenters. The van der Waals surface area contributed by atoms with Gasteiger partial charge in [-0.3, -0.25) is 0 Å². The zero-order chi connectivity index (χ0) is 15.6. The molecule has 0 radical (unpaired) electrons. The largest absolute Gasteiger partial charge is 0.395 e. The molecule has 0 bridgehead atoms. The van der Waals surface area contributed by atoms with Crippen LogP contribution in [0.3, 0.4) is 0 Å². The highest BCUT2D eigenvalue weighted by atomic mass is 32.2. The van der Waals surface area contributed by atoms with Gasteiger partial charge in [-0.1, -0.05) is 24.0 Å². The molecule has 6 heteroatoms. The van der Waals surface area contributed by atoms with E-state index in [9.17, 15) is 8.42 Å². The summed E-state index contributed by atoms with van der Waals surface area (Å²) in [6.07, 6.45) is 0.898. The van der Waals surface area contributed by atoms with Gasteiger partial charge in [0.05, 0.1) is 12.4 Å². The lowest BCUT2D eigenvalue weighted by atomic mass is 10.1. The molecule has 0 aromatic heterocycles. The average molecular weight is 311 g/mol. The Bertz CT molecular complexity index is 587. The Morgan fingerprint density at radius 3 is 2.90 bits per heavy atom. The Morgan fingerprint density at radius 1 is 1.38 bits per heavy atom. The van der Waals surface area contributed by atoms with Gasteiger partial charge in [-0.2, -0.15) is 0 Å². The molecule has 0 saturated heterocycles. The van der Waals surface area contributed by atoms with Crippen LogP contribution in [0.4, 0.5) is 0 Å². The summed E-state index contributed by atoms with van der Waals surface area (Å²) in [5.41, 5.74) is 1.65. The SMILES string of the molecule is COCCCS(=O)(=O)NCc1cccc(C#CCCO)c1. The lowest BCUT2D eigenvalue weighted by Crippen LogP contribution is -2.26. The van der Waals surface area contributed by atoms with Gasteiger partial charge in [0.15, 0.2) is 0 Å². The van der Waals surface area contributed by atoms with Crippen LogP contribution in [0.2, 0.25) is 0 Å². The van der Waals surface area contributed by atoms with E-state index in [1.807, 2.05) is 24.3 Å². The highest BCUT2D eigenvalue weighted by Crippen LogP contribution is 2.05. The standard InChI is InChI=1S/C15H21NO4S/c1-20-10-5-11-21(18,19)16-13-15-8-4-7-14(12-15)6-2-3-9-17/h4,7-8,12,16-17H,3,5,9-11,13H2,1H3. The van der Waals surface area contributed by atoms with E-state index in [1.165, 1.54) is 0 Å². The van der Waals surface area contributed by atoms with E-state index < -0.39 is 10.0 Å². The fourth-order valence-corrected chi connectivity index (χ4v) is 2.67. The molecule has 0 spiro atoms. The topological polar surface area (TPSA) is 75.6 Å². The van der Waals surface area contributed by atoms with Gasteiger partial charge in [-0.05, 0) is 24.1 Å². The molecular formula is C15H21NO4S. The average Bonchev–Trinajstić information content (AvgIpc) is 2.46. The fraction of sp³-hybridized carbons (Fsp3) is 0.467. The molecule has 0 aliphatic rings. The van der Waals surface area contributed by atoms with Crippen LogP contribution in [-0.4, -0.2) is 39.6 Å². The normalized spacial score (nSPS) is 11.0. The molecule has 116 valence electrons. The number of ether oxygens (including phenoxy) is 1. The molecule has 2 N–H and O–H groups in total. The maximum Gasteiger partial charge on any atom is 0.211 e. The summed E-state index contributed by atoms with van der Waals surface area (Å²) in [7, 11) is -1.74. The van der Waals surface area contributed by atoms with Gasteiger partial charge in [0, 0.05) is 32.2 Å². The van der Waals surface area contributed by atoms with E-state index in [1.54, 1.807) is 7.11 Å². The number of sulfonamides is 1. The Kier molecular flexibility index (Phi) is 8.01. The lowest BCUT2D eigenvalue weighted by molar-refractivity contribution is 0.199. The number of hydrogen-bond acceptors (Lipinski definition) is 4. The fourth-order valence-electron chi connectivity index (χ4n) is 1.64. The maximum absolute atomic E-state index is 11.8. The first-order valence-electron chi connectivity index (χ1n) is 6.72. The molecule has 0 aliphatic heterocycles. The van der Waals surface area contributed by atoms with Crippen molar-refractivity contribution in [1.29, 1.82) is 0 Å². The van der Waals surface area contributed by atoms with E-state index in [-0.39, 0.29) is 18.9 Å². The minimum absolute atomic E-state index is 0.0357. The van der Waals surface area contributed by atoms with Gasteiger partial charge in [0.25, 0.3) is 0 Å². The molecule has 0 saturated carbocycles. The summed E-state index contributed by atoms with van der Waals surface area (Å²) in [5, 5.41) is 8.67. The van der Waals surface area contributed by atoms with Crippen molar-refractivity contribution >= 4 is 10.0 Å². The van der Waals surface area contributed by atoms with Crippen LogP contribution in [0.15, 0.2) is 24.3 Å². The minimum Gasteiger partial charge on any atom is -0.395 e. The third-order valence-electron chi connectivity index (χ3n) is 2.65. The molecule has 0 atom stereocenters. The zero-order valence-electron chi connectivity index (χ0n) is 12.1. The van der Waals surface area contributed by atoms with Crippen molar-refractivity contribution in [3.8, 4) is 11.8 Å². The number of aliphatic hydroxyl groups excluding tert-OH is 1. The number of benzene rings is 1. The third kappa shape index (κ3) is 7.83. The second-order valence-electron chi connectivity index (χ2n) is 4.46. The second kappa shape index (κ2) is 9.53. The van der Waals surface area contributed by atoms with Crippen LogP contribution in [-0.2, 0) is 21.3 Å². The summed E-state index contributed by atoms with van der Waals surface area (Å²) < 4.78 is 30.9. The number of hydrogen-bond donors (Lipinski definition) is 2. The molecule has 21 heavy (non-hydrogen) atoms. The predicted molar refractivity (Wildman–Crippen MR) is 82.1 cm³/mol. The number of aliphatic hydroxyl groups is 1. The Labute approximate surface area is 126 Å². The van der Waals surface area contributed by atoms with Crippen molar-refractivity contribution in [3.05, 3.63) is 35.4 Å². The predicted octanol–water partition coefficient (Wildman–Crippen LogP) is 0.876. The van der Waals surface area contributed by atoms with Crippen molar-refractivity contribution in [2.24, 2.45) is 0 Å². The van der Waals surface area contributed by atoms with Crippen LogP contribution in [0.5, 0.6) is 0 Å². The third-order valence-corrected chi connectivity index (χ3v) is 4.06. The van der Waals surface area contributed by atoms with E-state index in [4.69, 9.17) is 9.84 Å². The minimum atomic E-state index is -3.28. The van der Waals surface area contributed by atoms with Crippen molar-refractivity contribution in [3.63, 3.8) is 0 Å². The van der Waals surface area contributed by atoms with Gasteiger partial charge < -0.3 is 9.84 Å². The summed E-state index contributed by atoms with van der Waals surface area (Å²) in [4.78, 5) is 0. The molecule has 5 nitrogen and oxygen atoms in total. The Morgan fingerprint density at radius 2 is 2.19 bits per heavy atom. The molecule has 0 aliphatic carbocycles. The summed E-state index contributed by atoms with van der Waals surface area (Å²) in [5.74, 6) is 5.81. The first-order chi connectivity index (χ1) is 10.1.